The van der Waals surface area contributed by atoms with Gasteiger partial charge in [0.25, 0.3) is 5.91 Å². The maximum absolute atomic E-state index is 11.7. The van der Waals surface area contributed by atoms with Gasteiger partial charge in [0.05, 0.1) is 13.7 Å². The maximum Gasteiger partial charge on any atom is 0.270 e. The largest absolute Gasteiger partial charge is 0.481 e. The first-order chi connectivity index (χ1) is 8.79. The molecule has 0 fully saturated rings. The molecule has 0 aliphatic carbocycles. The average Bonchev–Trinajstić information content (AvgIpc) is 2.92. The third-order valence-electron chi connectivity index (χ3n) is 2.18. The van der Waals surface area contributed by atoms with E-state index < -0.39 is 0 Å². The predicted molar refractivity (Wildman–Crippen MR) is 60.9 cm³/mol. The minimum atomic E-state index is -0.282. The van der Waals surface area contributed by atoms with Crippen LogP contribution in [-0.4, -0.2) is 44.3 Å². The highest BCUT2D eigenvalue weighted by atomic mass is 16.5. The molecule has 0 saturated heterocycles. The summed E-state index contributed by atoms with van der Waals surface area (Å²) in [5.74, 6) is 0.0715. The molecule has 94 valence electrons. The van der Waals surface area contributed by atoms with E-state index in [-0.39, 0.29) is 11.6 Å². The fourth-order valence-corrected chi connectivity index (χ4v) is 1.30. The van der Waals surface area contributed by atoms with Gasteiger partial charge in [-0.25, -0.2) is 15.0 Å². The number of aromatic nitrogens is 5. The van der Waals surface area contributed by atoms with Gasteiger partial charge in [-0.3, -0.25) is 9.48 Å². The van der Waals surface area contributed by atoms with Gasteiger partial charge < -0.3 is 10.1 Å². The molecular weight excluding hydrogens is 236 g/mol. The van der Waals surface area contributed by atoms with E-state index in [1.54, 1.807) is 11.0 Å². The van der Waals surface area contributed by atoms with Crippen molar-refractivity contribution in [1.82, 2.24) is 30.0 Å². The van der Waals surface area contributed by atoms with Crippen molar-refractivity contribution in [3.05, 3.63) is 30.7 Å². The van der Waals surface area contributed by atoms with Crippen molar-refractivity contribution in [1.29, 1.82) is 0 Å². The Morgan fingerprint density at radius 2 is 2.33 bits per heavy atom. The molecule has 8 nitrogen and oxygen atoms in total. The van der Waals surface area contributed by atoms with E-state index in [0.29, 0.717) is 19.0 Å². The van der Waals surface area contributed by atoms with Gasteiger partial charge in [0.2, 0.25) is 5.88 Å². The Labute approximate surface area is 103 Å². The number of amides is 1. The number of methoxy groups -OCH3 is 1. The van der Waals surface area contributed by atoms with E-state index in [2.05, 4.69) is 25.4 Å². The van der Waals surface area contributed by atoms with Crippen LogP contribution in [0, 0.1) is 0 Å². The average molecular weight is 248 g/mol. The van der Waals surface area contributed by atoms with E-state index in [0.717, 1.165) is 0 Å². The Bertz CT molecular complexity index is 513. The van der Waals surface area contributed by atoms with Crippen LogP contribution in [0.2, 0.25) is 0 Å². The van der Waals surface area contributed by atoms with Gasteiger partial charge in [0.15, 0.2) is 0 Å². The minimum absolute atomic E-state index is 0.264. The number of hydrogen-bond acceptors (Lipinski definition) is 6. The first kappa shape index (κ1) is 12.0. The summed E-state index contributed by atoms with van der Waals surface area (Å²) >= 11 is 0. The molecule has 18 heavy (non-hydrogen) atoms. The zero-order chi connectivity index (χ0) is 12.8. The quantitative estimate of drug-likeness (QED) is 0.767. The van der Waals surface area contributed by atoms with Crippen LogP contribution in [0.4, 0.5) is 0 Å². The summed E-state index contributed by atoms with van der Waals surface area (Å²) in [6, 6.07) is 1.48. The molecule has 0 saturated carbocycles. The molecule has 2 heterocycles. The summed E-state index contributed by atoms with van der Waals surface area (Å²) in [5.41, 5.74) is 0.264. The summed E-state index contributed by atoms with van der Waals surface area (Å²) in [6.07, 6.45) is 4.31. The van der Waals surface area contributed by atoms with Gasteiger partial charge in [-0.1, -0.05) is 0 Å². The number of rotatable bonds is 5. The molecule has 8 heteroatoms. The summed E-state index contributed by atoms with van der Waals surface area (Å²) in [5, 5.41) is 6.64. The summed E-state index contributed by atoms with van der Waals surface area (Å²) in [4.78, 5) is 23.2. The third-order valence-corrected chi connectivity index (χ3v) is 2.18. The van der Waals surface area contributed by atoms with Crippen LogP contribution in [0.1, 0.15) is 10.5 Å². The van der Waals surface area contributed by atoms with Crippen molar-refractivity contribution >= 4 is 5.91 Å². The summed E-state index contributed by atoms with van der Waals surface area (Å²) < 4.78 is 6.54. The minimum Gasteiger partial charge on any atom is -0.481 e. The predicted octanol–water partition coefficient (Wildman–Crippen LogP) is -0.493. The van der Waals surface area contributed by atoms with Crippen molar-refractivity contribution in [2.24, 2.45) is 0 Å². The molecule has 0 aliphatic heterocycles. The Balaban J connectivity index is 1.87. The van der Waals surface area contributed by atoms with E-state index >= 15 is 0 Å². The first-order valence-electron chi connectivity index (χ1n) is 5.26. The molecule has 1 N–H and O–H groups in total. The molecule has 0 bridgehead atoms. The number of ether oxygens (including phenoxy) is 1. The van der Waals surface area contributed by atoms with Gasteiger partial charge in [0.1, 0.15) is 24.7 Å². The van der Waals surface area contributed by atoms with Crippen LogP contribution < -0.4 is 10.1 Å². The van der Waals surface area contributed by atoms with Crippen molar-refractivity contribution in [3.8, 4) is 5.88 Å². The molecule has 1 amide bonds. The van der Waals surface area contributed by atoms with Crippen LogP contribution in [0.3, 0.4) is 0 Å². The highest BCUT2D eigenvalue weighted by molar-refractivity contribution is 5.92. The van der Waals surface area contributed by atoms with Gasteiger partial charge in [-0.2, -0.15) is 5.10 Å². The van der Waals surface area contributed by atoms with Crippen LogP contribution in [0.15, 0.2) is 25.0 Å². The zero-order valence-corrected chi connectivity index (χ0v) is 9.78. The van der Waals surface area contributed by atoms with E-state index in [1.807, 2.05) is 0 Å². The molecule has 0 atom stereocenters. The fourth-order valence-electron chi connectivity index (χ4n) is 1.30. The summed E-state index contributed by atoms with van der Waals surface area (Å²) in [6.45, 7) is 0.989. The number of carbonyl (C=O) groups excluding carboxylic acids is 1. The molecule has 2 aromatic heterocycles. The smallest absolute Gasteiger partial charge is 0.270 e. The normalized spacial score (nSPS) is 10.1. The number of hydrogen-bond donors (Lipinski definition) is 1. The van der Waals surface area contributed by atoms with E-state index in [1.165, 1.54) is 25.8 Å². The second-order valence-electron chi connectivity index (χ2n) is 3.36. The van der Waals surface area contributed by atoms with E-state index in [9.17, 15) is 4.79 Å². The fraction of sp³-hybridized carbons (Fsp3) is 0.300. The zero-order valence-electron chi connectivity index (χ0n) is 9.78. The molecule has 0 radical (unpaired) electrons. The first-order valence-corrected chi connectivity index (χ1v) is 5.26. The van der Waals surface area contributed by atoms with Crippen LogP contribution in [0.5, 0.6) is 5.88 Å². The third kappa shape index (κ3) is 3.00. The van der Waals surface area contributed by atoms with Crippen LogP contribution in [-0.2, 0) is 6.54 Å². The number of nitrogens with zero attached hydrogens (tertiary/aromatic N) is 5. The highest BCUT2D eigenvalue weighted by Crippen LogP contribution is 2.05. The molecule has 0 spiro atoms. The van der Waals surface area contributed by atoms with Crippen LogP contribution in [0.25, 0.3) is 0 Å². The van der Waals surface area contributed by atoms with Crippen molar-refractivity contribution < 1.29 is 9.53 Å². The lowest BCUT2D eigenvalue weighted by Gasteiger charge is -2.05. The van der Waals surface area contributed by atoms with Crippen LogP contribution >= 0.6 is 0 Å². The summed E-state index contributed by atoms with van der Waals surface area (Å²) in [7, 11) is 1.48. The Kier molecular flexibility index (Phi) is 3.79. The Morgan fingerprint density at radius 3 is 3.06 bits per heavy atom. The SMILES string of the molecule is COc1cc(C(=O)NCCn2cncn2)ncn1. The molecule has 0 aromatic carbocycles. The second-order valence-corrected chi connectivity index (χ2v) is 3.36. The lowest BCUT2D eigenvalue weighted by atomic mass is 10.3. The van der Waals surface area contributed by atoms with Crippen molar-refractivity contribution in [2.45, 2.75) is 6.54 Å². The number of carbonyl (C=O) groups is 1. The number of nitrogens with one attached hydrogen (secondary N) is 1. The molecule has 0 unspecified atom stereocenters. The molecule has 2 aromatic rings. The molecule has 2 rings (SSSR count). The van der Waals surface area contributed by atoms with E-state index in [4.69, 9.17) is 4.74 Å². The standard InChI is InChI=1S/C10H12N6O2/c1-18-9-4-8(13-6-14-9)10(17)12-2-3-16-7-11-5-15-16/h4-7H,2-3H2,1H3,(H,12,17). The van der Waals surface area contributed by atoms with Gasteiger partial charge in [-0.05, 0) is 0 Å². The Hall–Kier alpha value is -2.51. The molecular formula is C10H12N6O2. The lowest BCUT2D eigenvalue weighted by molar-refractivity contribution is 0.0946. The van der Waals surface area contributed by atoms with Crippen molar-refractivity contribution in [3.63, 3.8) is 0 Å². The Morgan fingerprint density at radius 1 is 1.44 bits per heavy atom. The lowest BCUT2D eigenvalue weighted by Crippen LogP contribution is -2.28. The van der Waals surface area contributed by atoms with Gasteiger partial charge in [0, 0.05) is 12.6 Å². The van der Waals surface area contributed by atoms with Gasteiger partial charge in [-0.15, -0.1) is 0 Å². The maximum atomic E-state index is 11.7. The highest BCUT2D eigenvalue weighted by Gasteiger charge is 2.08. The monoisotopic (exact) mass is 248 g/mol. The van der Waals surface area contributed by atoms with Crippen molar-refractivity contribution in [2.75, 3.05) is 13.7 Å². The topological polar surface area (TPSA) is 94.8 Å². The van der Waals surface area contributed by atoms with Gasteiger partial charge >= 0.3 is 0 Å². The second kappa shape index (κ2) is 5.71. The molecule has 0 aliphatic rings.